The zero-order chi connectivity index (χ0) is 20.7. The average molecular weight is 427 g/mol. The molecule has 4 nitrogen and oxygen atoms in total. The number of fused-ring (bicyclic) bond motifs is 2. The van der Waals surface area contributed by atoms with Crippen LogP contribution in [0.3, 0.4) is 0 Å². The Morgan fingerprint density at radius 3 is 2.28 bits per heavy atom. The van der Waals surface area contributed by atoms with Gasteiger partial charge in [0.15, 0.2) is 5.36 Å². The summed E-state index contributed by atoms with van der Waals surface area (Å²) in [5.74, 6) is 0.651. The monoisotopic (exact) mass is 426 g/mol. The summed E-state index contributed by atoms with van der Waals surface area (Å²) in [6.07, 6.45) is 0. The molecule has 0 saturated carbocycles. The SMILES string of the molecule is CCN(CC)c1cc(Cl)c(-c2c3ccc(=[NH2+])cc-3oc3cc(N)ccc23)c(Cl)c1. The van der Waals surface area contributed by atoms with Crippen molar-refractivity contribution in [3.8, 4) is 22.5 Å². The topological polar surface area (TPSA) is 68.0 Å². The van der Waals surface area contributed by atoms with Crippen molar-refractivity contribution >= 4 is 45.5 Å². The van der Waals surface area contributed by atoms with E-state index in [1.807, 2.05) is 36.4 Å². The molecular weight excluding hydrogens is 405 g/mol. The highest BCUT2D eigenvalue weighted by Gasteiger charge is 2.22. The van der Waals surface area contributed by atoms with Crippen LogP contribution < -0.4 is 21.4 Å². The van der Waals surface area contributed by atoms with Crippen LogP contribution >= 0.6 is 23.2 Å². The molecule has 29 heavy (non-hydrogen) atoms. The molecule has 0 amide bonds. The first-order valence-electron chi connectivity index (χ1n) is 9.51. The number of rotatable bonds is 4. The van der Waals surface area contributed by atoms with Gasteiger partial charge in [-0.2, -0.15) is 0 Å². The van der Waals surface area contributed by atoms with Gasteiger partial charge in [0.05, 0.1) is 16.1 Å². The number of halogens is 2. The fourth-order valence-electron chi connectivity index (χ4n) is 3.76. The van der Waals surface area contributed by atoms with Crippen molar-refractivity contribution in [2.75, 3.05) is 23.7 Å². The summed E-state index contributed by atoms with van der Waals surface area (Å²) in [4.78, 5) is 2.21. The van der Waals surface area contributed by atoms with Gasteiger partial charge in [-0.1, -0.05) is 23.2 Å². The summed E-state index contributed by atoms with van der Waals surface area (Å²) in [7, 11) is 0. The number of nitrogen functional groups attached to an aromatic ring is 1. The lowest BCUT2D eigenvalue weighted by Crippen LogP contribution is -2.44. The van der Waals surface area contributed by atoms with E-state index in [4.69, 9.17) is 38.8 Å². The maximum absolute atomic E-state index is 6.80. The van der Waals surface area contributed by atoms with E-state index in [1.165, 1.54) is 0 Å². The van der Waals surface area contributed by atoms with Gasteiger partial charge in [0, 0.05) is 58.7 Å². The number of nitrogens with two attached hydrogens (primary N) is 2. The Morgan fingerprint density at radius 1 is 0.931 bits per heavy atom. The number of benzene rings is 3. The van der Waals surface area contributed by atoms with E-state index in [1.54, 1.807) is 12.1 Å². The van der Waals surface area contributed by atoms with Gasteiger partial charge in [-0.05, 0) is 44.2 Å². The van der Waals surface area contributed by atoms with Crippen molar-refractivity contribution in [1.29, 1.82) is 0 Å². The van der Waals surface area contributed by atoms with Crippen LogP contribution in [0, 0.1) is 0 Å². The van der Waals surface area contributed by atoms with E-state index in [2.05, 4.69) is 18.7 Å². The minimum absolute atomic E-state index is 0.585. The van der Waals surface area contributed by atoms with Crippen LogP contribution in [-0.2, 0) is 0 Å². The lowest BCUT2D eigenvalue weighted by molar-refractivity contribution is -0.172. The van der Waals surface area contributed by atoms with Gasteiger partial charge in [-0.25, -0.2) is 0 Å². The minimum Gasteiger partial charge on any atom is -0.456 e. The Labute approximate surface area is 179 Å². The van der Waals surface area contributed by atoms with Gasteiger partial charge >= 0.3 is 0 Å². The first-order chi connectivity index (χ1) is 13.9. The summed E-state index contributed by atoms with van der Waals surface area (Å²) in [6, 6.07) is 15.1. The Morgan fingerprint density at radius 2 is 1.62 bits per heavy atom. The highest BCUT2D eigenvalue weighted by atomic mass is 35.5. The van der Waals surface area contributed by atoms with Crippen molar-refractivity contribution in [2.24, 2.45) is 0 Å². The van der Waals surface area contributed by atoms with Crippen LogP contribution in [0.4, 0.5) is 11.4 Å². The quantitative estimate of drug-likeness (QED) is 0.370. The van der Waals surface area contributed by atoms with Gasteiger partial charge in [0.1, 0.15) is 11.3 Å². The lowest BCUT2D eigenvalue weighted by atomic mass is 9.93. The summed E-state index contributed by atoms with van der Waals surface area (Å²) < 4.78 is 6.09. The molecule has 0 bridgehead atoms. The number of nitrogens with zero attached hydrogens (tertiary/aromatic N) is 1. The molecule has 2 aliphatic rings. The smallest absolute Gasteiger partial charge is 0.200 e. The number of hydrogen-bond acceptors (Lipinski definition) is 3. The number of anilines is 2. The van der Waals surface area contributed by atoms with Gasteiger partial charge < -0.3 is 15.1 Å². The Balaban J connectivity index is 2.09. The van der Waals surface area contributed by atoms with E-state index < -0.39 is 0 Å². The van der Waals surface area contributed by atoms with Crippen LogP contribution in [0.1, 0.15) is 13.8 Å². The minimum atomic E-state index is 0.585. The average Bonchev–Trinajstić information content (AvgIpc) is 2.67. The molecule has 2 aromatic carbocycles. The Bertz CT molecular complexity index is 1220. The molecule has 0 aromatic heterocycles. The Hall–Kier alpha value is -2.69. The van der Waals surface area contributed by atoms with Gasteiger partial charge in [0.25, 0.3) is 0 Å². The molecule has 1 heterocycles. The molecule has 2 aromatic rings. The molecule has 1 aliphatic heterocycles. The molecule has 1 aliphatic carbocycles. The standard InChI is InChI=1S/C23H21Cl2N3O/c1-3-28(4-2)15-11-18(24)23(19(25)12-15)22-16-7-5-13(26)9-20(16)29-21-10-14(27)6-8-17(21)22/h5-12,26H,3-4,27H2,1-2H3/p+1. The predicted octanol–water partition coefficient (Wildman–Crippen LogP) is 4.60. The normalized spacial score (nSPS) is 11.3. The highest BCUT2D eigenvalue weighted by Crippen LogP contribution is 2.46. The molecule has 0 spiro atoms. The van der Waals surface area contributed by atoms with E-state index in [0.717, 1.165) is 40.9 Å². The van der Waals surface area contributed by atoms with Crippen LogP contribution in [0.5, 0.6) is 0 Å². The zero-order valence-corrected chi connectivity index (χ0v) is 17.8. The molecule has 0 radical (unpaired) electrons. The van der Waals surface area contributed by atoms with E-state index in [0.29, 0.717) is 32.4 Å². The molecule has 4 rings (SSSR count). The summed E-state index contributed by atoms with van der Waals surface area (Å²) in [6.45, 7) is 5.95. The maximum Gasteiger partial charge on any atom is 0.200 e. The van der Waals surface area contributed by atoms with Crippen molar-refractivity contribution in [3.63, 3.8) is 0 Å². The van der Waals surface area contributed by atoms with E-state index >= 15 is 0 Å². The summed E-state index contributed by atoms with van der Waals surface area (Å²) >= 11 is 13.6. The molecule has 0 saturated heterocycles. The number of hydrogen-bond donors (Lipinski definition) is 2. The van der Waals surface area contributed by atoms with Gasteiger partial charge in [-0.3, -0.25) is 5.41 Å². The molecule has 0 atom stereocenters. The third-order valence-electron chi connectivity index (χ3n) is 5.18. The van der Waals surface area contributed by atoms with Gasteiger partial charge in [0.2, 0.25) is 0 Å². The van der Waals surface area contributed by atoms with E-state index in [9.17, 15) is 0 Å². The van der Waals surface area contributed by atoms with Crippen molar-refractivity contribution < 1.29 is 9.83 Å². The third-order valence-corrected chi connectivity index (χ3v) is 5.77. The zero-order valence-electron chi connectivity index (χ0n) is 16.3. The Kier molecular flexibility index (Phi) is 5.15. The summed E-state index contributed by atoms with van der Waals surface area (Å²) in [5, 5.41) is 8.66. The molecule has 0 fully saturated rings. The van der Waals surface area contributed by atoms with Crippen LogP contribution in [-0.4, -0.2) is 13.1 Å². The highest BCUT2D eigenvalue weighted by molar-refractivity contribution is 6.40. The van der Waals surface area contributed by atoms with Gasteiger partial charge in [-0.15, -0.1) is 0 Å². The second kappa shape index (κ2) is 7.62. The van der Waals surface area contributed by atoms with Crippen molar-refractivity contribution in [3.05, 3.63) is 63.9 Å². The van der Waals surface area contributed by atoms with Crippen molar-refractivity contribution in [1.82, 2.24) is 0 Å². The van der Waals surface area contributed by atoms with Crippen LogP contribution in [0.15, 0.2) is 52.9 Å². The molecule has 4 N–H and O–H groups in total. The predicted molar refractivity (Wildman–Crippen MR) is 121 cm³/mol. The third kappa shape index (κ3) is 3.43. The second-order valence-electron chi connectivity index (χ2n) is 6.94. The lowest BCUT2D eigenvalue weighted by Gasteiger charge is -2.23. The molecule has 6 heteroatoms. The summed E-state index contributed by atoms with van der Waals surface area (Å²) in [5.41, 5.74) is 10.8. The maximum atomic E-state index is 6.80. The molecule has 0 unspecified atom stereocenters. The largest absolute Gasteiger partial charge is 0.456 e. The van der Waals surface area contributed by atoms with E-state index in [-0.39, 0.29) is 0 Å². The van der Waals surface area contributed by atoms with Crippen LogP contribution in [0.25, 0.3) is 33.4 Å². The fraction of sp³-hybridized carbons (Fsp3) is 0.174. The van der Waals surface area contributed by atoms with Crippen LogP contribution in [0.2, 0.25) is 10.0 Å². The second-order valence-corrected chi connectivity index (χ2v) is 7.76. The van der Waals surface area contributed by atoms with Crippen molar-refractivity contribution in [2.45, 2.75) is 13.8 Å². The first-order valence-corrected chi connectivity index (χ1v) is 10.3. The molecular formula is C23H22Cl2N3O+. The first kappa shape index (κ1) is 19.6. The molecule has 148 valence electrons. The fourth-order valence-corrected chi connectivity index (χ4v) is 4.43.